The number of rotatable bonds is 2. The van der Waals surface area contributed by atoms with Crippen LogP contribution in [0, 0.1) is 0 Å². The number of benzene rings is 1. The Bertz CT molecular complexity index is 678. The number of carbonyl (C=O) groups excluding carboxylic acids is 3. The number of hydrogen-bond acceptors (Lipinski definition) is 5. The normalized spacial score (nSPS) is 17.5. The van der Waals surface area contributed by atoms with E-state index in [0.717, 1.165) is 0 Å². The molecule has 0 spiro atoms. The molecule has 0 bridgehead atoms. The van der Waals surface area contributed by atoms with Gasteiger partial charge in [-0.2, -0.15) is 0 Å². The molecule has 0 saturated heterocycles. The Kier molecular flexibility index (Phi) is 4.82. The van der Waals surface area contributed by atoms with Gasteiger partial charge in [0.1, 0.15) is 24.0 Å². The third-order valence-corrected chi connectivity index (χ3v) is 3.45. The SMILES string of the molecule is CC(=O)c1ccc2c(c1)N(C)C(=O)[C@@H](NC(=O)OC(C)(C)C)CO2. The van der Waals surface area contributed by atoms with Crippen molar-refractivity contribution >= 4 is 23.5 Å². The molecule has 0 unspecified atom stereocenters. The van der Waals surface area contributed by atoms with Gasteiger partial charge in [-0.05, 0) is 45.9 Å². The van der Waals surface area contributed by atoms with Gasteiger partial charge in [-0.3, -0.25) is 9.59 Å². The summed E-state index contributed by atoms with van der Waals surface area (Å²) in [6.45, 7) is 6.65. The maximum absolute atomic E-state index is 12.6. The number of amides is 2. The minimum absolute atomic E-state index is 0.0190. The third kappa shape index (κ3) is 4.04. The fourth-order valence-corrected chi connectivity index (χ4v) is 2.27. The molecule has 7 nitrogen and oxygen atoms in total. The van der Waals surface area contributed by atoms with Gasteiger partial charge < -0.3 is 19.7 Å². The number of nitrogens with one attached hydrogen (secondary N) is 1. The number of anilines is 1. The summed E-state index contributed by atoms with van der Waals surface area (Å²) in [5.74, 6) is 0.0241. The van der Waals surface area contributed by atoms with Crippen LogP contribution in [0.4, 0.5) is 10.5 Å². The van der Waals surface area contributed by atoms with Crippen molar-refractivity contribution in [3.8, 4) is 5.75 Å². The molecule has 0 aliphatic carbocycles. The van der Waals surface area contributed by atoms with Crippen LogP contribution in [0.2, 0.25) is 0 Å². The summed E-state index contributed by atoms with van der Waals surface area (Å²) in [6, 6.07) is 4.01. The number of hydrogen-bond donors (Lipinski definition) is 1. The molecule has 0 radical (unpaired) electrons. The van der Waals surface area contributed by atoms with Gasteiger partial charge in [-0.25, -0.2) is 4.79 Å². The van der Waals surface area contributed by atoms with Crippen LogP contribution in [0.15, 0.2) is 18.2 Å². The lowest BCUT2D eigenvalue weighted by molar-refractivity contribution is -0.120. The summed E-state index contributed by atoms with van der Waals surface area (Å²) < 4.78 is 10.8. The molecule has 24 heavy (non-hydrogen) atoms. The van der Waals surface area contributed by atoms with E-state index in [-0.39, 0.29) is 18.3 Å². The van der Waals surface area contributed by atoms with Crippen LogP contribution < -0.4 is 15.0 Å². The van der Waals surface area contributed by atoms with Gasteiger partial charge in [0.15, 0.2) is 5.78 Å². The number of ether oxygens (including phenoxy) is 2. The van der Waals surface area contributed by atoms with Crippen molar-refractivity contribution < 1.29 is 23.9 Å². The Morgan fingerprint density at radius 1 is 1.33 bits per heavy atom. The van der Waals surface area contributed by atoms with E-state index >= 15 is 0 Å². The fraction of sp³-hybridized carbons (Fsp3) is 0.471. The van der Waals surface area contributed by atoms with Gasteiger partial charge in [-0.15, -0.1) is 0 Å². The average Bonchev–Trinajstić information content (AvgIpc) is 2.57. The molecule has 0 saturated carbocycles. The summed E-state index contributed by atoms with van der Waals surface area (Å²) in [5.41, 5.74) is 0.306. The van der Waals surface area contributed by atoms with Crippen LogP contribution in [-0.4, -0.2) is 43.1 Å². The molecule has 1 aromatic rings. The Hall–Kier alpha value is -2.57. The third-order valence-electron chi connectivity index (χ3n) is 3.45. The zero-order valence-electron chi connectivity index (χ0n) is 14.5. The Morgan fingerprint density at radius 2 is 2.00 bits per heavy atom. The zero-order chi connectivity index (χ0) is 18.1. The average molecular weight is 334 g/mol. The Balaban J connectivity index is 2.20. The van der Waals surface area contributed by atoms with Crippen LogP contribution in [0.3, 0.4) is 0 Å². The monoisotopic (exact) mass is 334 g/mol. The van der Waals surface area contributed by atoms with E-state index in [1.165, 1.54) is 11.8 Å². The topological polar surface area (TPSA) is 84.9 Å². The second kappa shape index (κ2) is 6.51. The quantitative estimate of drug-likeness (QED) is 0.838. The van der Waals surface area contributed by atoms with Crippen LogP contribution in [0.1, 0.15) is 38.1 Å². The highest BCUT2D eigenvalue weighted by atomic mass is 16.6. The number of ketones is 1. The van der Waals surface area contributed by atoms with Gasteiger partial charge >= 0.3 is 6.09 Å². The molecule has 7 heteroatoms. The largest absolute Gasteiger partial charge is 0.489 e. The van der Waals surface area contributed by atoms with Crippen molar-refractivity contribution in [1.82, 2.24) is 5.32 Å². The molecule has 130 valence electrons. The number of carbonyl (C=O) groups is 3. The minimum atomic E-state index is -0.877. The summed E-state index contributed by atoms with van der Waals surface area (Å²) in [4.78, 5) is 37.4. The fourth-order valence-electron chi connectivity index (χ4n) is 2.27. The first-order valence-electron chi connectivity index (χ1n) is 7.63. The molecule has 1 aromatic carbocycles. The number of Topliss-reactive ketones (excluding diaryl/α,β-unsaturated/α-hetero) is 1. The summed E-state index contributed by atoms with van der Waals surface area (Å²) in [5, 5.41) is 2.52. The Labute approximate surface area is 140 Å². The molecular formula is C17H22N2O5. The van der Waals surface area contributed by atoms with E-state index in [0.29, 0.717) is 17.0 Å². The van der Waals surface area contributed by atoms with Gasteiger partial charge in [-0.1, -0.05) is 0 Å². The van der Waals surface area contributed by atoms with E-state index in [2.05, 4.69) is 5.32 Å². The highest BCUT2D eigenvalue weighted by Crippen LogP contribution is 2.31. The lowest BCUT2D eigenvalue weighted by Gasteiger charge is -2.23. The van der Waals surface area contributed by atoms with Crippen LogP contribution in [0.25, 0.3) is 0 Å². The molecule has 1 aliphatic rings. The standard InChI is InChI=1S/C17H22N2O5/c1-10(20)11-6-7-14-13(8-11)19(5)15(21)12(9-23-14)18-16(22)24-17(2,3)4/h6-8,12H,9H2,1-5H3,(H,18,22)/t12-/m0/s1. The maximum Gasteiger partial charge on any atom is 0.408 e. The van der Waals surface area contributed by atoms with Crippen molar-refractivity contribution in [2.45, 2.75) is 39.3 Å². The van der Waals surface area contributed by atoms with Crippen LogP contribution in [0.5, 0.6) is 5.75 Å². The van der Waals surface area contributed by atoms with Crippen molar-refractivity contribution in [1.29, 1.82) is 0 Å². The number of fused-ring (bicyclic) bond motifs is 1. The molecule has 1 aliphatic heterocycles. The highest BCUT2D eigenvalue weighted by Gasteiger charge is 2.32. The first kappa shape index (κ1) is 17.8. The highest BCUT2D eigenvalue weighted by molar-refractivity contribution is 6.02. The smallest absolute Gasteiger partial charge is 0.408 e. The molecule has 1 heterocycles. The van der Waals surface area contributed by atoms with Gasteiger partial charge in [0.05, 0.1) is 5.69 Å². The van der Waals surface area contributed by atoms with E-state index in [9.17, 15) is 14.4 Å². The van der Waals surface area contributed by atoms with E-state index in [1.807, 2.05) is 0 Å². The Morgan fingerprint density at radius 3 is 2.58 bits per heavy atom. The molecule has 0 fully saturated rings. The first-order valence-corrected chi connectivity index (χ1v) is 7.63. The minimum Gasteiger partial charge on any atom is -0.489 e. The van der Waals surface area contributed by atoms with E-state index in [1.54, 1.807) is 46.0 Å². The lowest BCUT2D eigenvalue weighted by atomic mass is 10.1. The predicted octanol–water partition coefficient (Wildman–Crippen LogP) is 2.14. The van der Waals surface area contributed by atoms with Gasteiger partial charge in [0, 0.05) is 12.6 Å². The van der Waals surface area contributed by atoms with E-state index in [4.69, 9.17) is 9.47 Å². The molecule has 1 atom stereocenters. The first-order chi connectivity index (χ1) is 11.1. The molecule has 2 amide bonds. The summed E-state index contributed by atoms with van der Waals surface area (Å²) in [6.07, 6.45) is -0.687. The summed E-state index contributed by atoms with van der Waals surface area (Å²) >= 11 is 0. The summed E-state index contributed by atoms with van der Waals surface area (Å²) in [7, 11) is 1.57. The van der Waals surface area contributed by atoms with Crippen molar-refractivity contribution in [2.24, 2.45) is 0 Å². The van der Waals surface area contributed by atoms with Gasteiger partial charge in [0.2, 0.25) is 0 Å². The van der Waals surface area contributed by atoms with Crippen molar-refractivity contribution in [2.75, 3.05) is 18.6 Å². The van der Waals surface area contributed by atoms with Gasteiger partial charge in [0.25, 0.3) is 5.91 Å². The zero-order valence-corrected chi connectivity index (χ0v) is 14.5. The number of alkyl carbamates (subject to hydrolysis) is 1. The van der Waals surface area contributed by atoms with E-state index < -0.39 is 17.7 Å². The van der Waals surface area contributed by atoms with Crippen molar-refractivity contribution in [3.05, 3.63) is 23.8 Å². The second-order valence-corrected chi connectivity index (χ2v) is 6.65. The predicted molar refractivity (Wildman–Crippen MR) is 88.5 cm³/mol. The molecule has 0 aromatic heterocycles. The molecule has 1 N–H and O–H groups in total. The maximum atomic E-state index is 12.6. The van der Waals surface area contributed by atoms with Crippen LogP contribution >= 0.6 is 0 Å². The molecule has 2 rings (SSSR count). The molecular weight excluding hydrogens is 312 g/mol. The number of nitrogens with zero attached hydrogens (tertiary/aromatic N) is 1. The van der Waals surface area contributed by atoms with Crippen molar-refractivity contribution in [3.63, 3.8) is 0 Å². The number of likely N-dealkylation sites (N-methyl/N-ethyl adjacent to an activating group) is 1. The lowest BCUT2D eigenvalue weighted by Crippen LogP contribution is -2.50. The van der Waals surface area contributed by atoms with Crippen LogP contribution in [-0.2, 0) is 9.53 Å². The second-order valence-electron chi connectivity index (χ2n) is 6.65.